The maximum absolute atomic E-state index is 12.5. The summed E-state index contributed by atoms with van der Waals surface area (Å²) in [6.45, 7) is 0. The molecule has 0 saturated carbocycles. The molecule has 0 aliphatic rings. The van der Waals surface area contributed by atoms with Crippen LogP contribution in [-0.2, 0) is 6.18 Å². The zero-order valence-electron chi connectivity index (χ0n) is 8.51. The molecule has 88 valence electrons. The molecule has 0 amide bonds. The van der Waals surface area contributed by atoms with E-state index in [1.54, 1.807) is 12.2 Å². The van der Waals surface area contributed by atoms with Gasteiger partial charge in [-0.2, -0.15) is 13.2 Å². The molecule has 0 aliphatic heterocycles. The van der Waals surface area contributed by atoms with Gasteiger partial charge in [-0.3, -0.25) is 0 Å². The number of rotatable bonds is 3. The van der Waals surface area contributed by atoms with Gasteiger partial charge in [0, 0.05) is 5.88 Å². The zero-order chi connectivity index (χ0) is 12.2. The van der Waals surface area contributed by atoms with E-state index in [0.717, 1.165) is 6.07 Å². The molecular weight excluding hydrogens is 241 g/mol. The van der Waals surface area contributed by atoms with E-state index in [1.165, 1.54) is 19.2 Å². The van der Waals surface area contributed by atoms with Gasteiger partial charge in [0.1, 0.15) is 5.75 Å². The number of methoxy groups -OCH3 is 1. The van der Waals surface area contributed by atoms with Crippen LogP contribution in [0.5, 0.6) is 5.75 Å². The van der Waals surface area contributed by atoms with Crippen molar-refractivity contribution in [3.05, 3.63) is 35.4 Å². The molecule has 0 bridgehead atoms. The molecule has 1 rings (SSSR count). The van der Waals surface area contributed by atoms with Crippen molar-refractivity contribution >= 4 is 17.7 Å². The normalized spacial score (nSPS) is 12.1. The summed E-state index contributed by atoms with van der Waals surface area (Å²) in [5, 5.41) is 0. The maximum atomic E-state index is 12.5. The van der Waals surface area contributed by atoms with E-state index in [-0.39, 0.29) is 5.75 Å². The first-order valence-electron chi connectivity index (χ1n) is 4.46. The standard InChI is InChI=1S/C11H10ClF3O/c1-16-10-7-8(3-2-6-12)4-5-9(10)11(13,14)15/h2-5,7H,6H2,1H3. The second kappa shape index (κ2) is 5.25. The smallest absolute Gasteiger partial charge is 0.419 e. The van der Waals surface area contributed by atoms with Crippen LogP contribution in [0.1, 0.15) is 11.1 Å². The number of hydrogen-bond acceptors (Lipinski definition) is 1. The Morgan fingerprint density at radius 2 is 2.06 bits per heavy atom. The molecule has 0 aromatic heterocycles. The van der Waals surface area contributed by atoms with Gasteiger partial charge < -0.3 is 4.74 Å². The SMILES string of the molecule is COc1cc(C=CCCl)ccc1C(F)(F)F. The lowest BCUT2D eigenvalue weighted by Gasteiger charge is -2.12. The maximum Gasteiger partial charge on any atom is 0.419 e. The molecule has 1 nitrogen and oxygen atoms in total. The third-order valence-electron chi connectivity index (χ3n) is 1.93. The minimum Gasteiger partial charge on any atom is -0.496 e. The van der Waals surface area contributed by atoms with E-state index in [2.05, 4.69) is 0 Å². The minimum atomic E-state index is -4.40. The number of hydrogen-bond donors (Lipinski definition) is 0. The fourth-order valence-corrected chi connectivity index (χ4v) is 1.32. The monoisotopic (exact) mass is 250 g/mol. The molecule has 0 heterocycles. The van der Waals surface area contributed by atoms with E-state index >= 15 is 0 Å². The first kappa shape index (κ1) is 12.9. The molecule has 0 fully saturated rings. The Kier molecular flexibility index (Phi) is 4.24. The summed E-state index contributed by atoms with van der Waals surface area (Å²) in [4.78, 5) is 0. The van der Waals surface area contributed by atoms with Crippen LogP contribution in [0.25, 0.3) is 6.08 Å². The number of halogens is 4. The summed E-state index contributed by atoms with van der Waals surface area (Å²) in [5.41, 5.74) is -0.163. The van der Waals surface area contributed by atoms with Crippen LogP contribution in [0.3, 0.4) is 0 Å². The lowest BCUT2D eigenvalue weighted by atomic mass is 10.1. The van der Waals surface area contributed by atoms with Crippen LogP contribution in [0.4, 0.5) is 13.2 Å². The zero-order valence-corrected chi connectivity index (χ0v) is 9.27. The van der Waals surface area contributed by atoms with E-state index in [0.29, 0.717) is 11.4 Å². The minimum absolute atomic E-state index is 0.191. The summed E-state index contributed by atoms with van der Waals surface area (Å²) >= 11 is 5.43. The first-order valence-corrected chi connectivity index (χ1v) is 5.00. The summed E-state index contributed by atoms with van der Waals surface area (Å²) in [5.74, 6) is 0.118. The molecule has 16 heavy (non-hydrogen) atoms. The molecule has 5 heteroatoms. The van der Waals surface area contributed by atoms with Crippen molar-refractivity contribution in [3.63, 3.8) is 0 Å². The van der Waals surface area contributed by atoms with Gasteiger partial charge in [0.15, 0.2) is 0 Å². The number of allylic oxidation sites excluding steroid dienone is 1. The summed E-state index contributed by atoms with van der Waals surface area (Å²) in [7, 11) is 1.21. The van der Waals surface area contributed by atoms with Crippen LogP contribution in [-0.4, -0.2) is 13.0 Å². The molecular formula is C11H10ClF3O. The number of benzene rings is 1. The van der Waals surface area contributed by atoms with Gasteiger partial charge >= 0.3 is 6.18 Å². The molecule has 0 unspecified atom stereocenters. The Bertz CT molecular complexity index is 385. The summed E-state index contributed by atoms with van der Waals surface area (Å²) in [6.07, 6.45) is -1.13. The Morgan fingerprint density at radius 1 is 1.38 bits per heavy atom. The molecule has 0 atom stereocenters. The highest BCUT2D eigenvalue weighted by Crippen LogP contribution is 2.36. The van der Waals surface area contributed by atoms with Crippen molar-refractivity contribution < 1.29 is 17.9 Å². The Labute approximate surface area is 96.5 Å². The molecule has 0 radical (unpaired) electrons. The Hall–Kier alpha value is -1.16. The average molecular weight is 251 g/mol. The molecule has 0 spiro atoms. The Morgan fingerprint density at radius 3 is 2.56 bits per heavy atom. The van der Waals surface area contributed by atoms with Crippen LogP contribution in [0, 0.1) is 0 Å². The molecule has 0 N–H and O–H groups in total. The van der Waals surface area contributed by atoms with E-state index in [9.17, 15) is 13.2 Å². The van der Waals surface area contributed by atoms with Crippen molar-refractivity contribution in [2.45, 2.75) is 6.18 Å². The first-order chi connectivity index (χ1) is 7.49. The highest BCUT2D eigenvalue weighted by Gasteiger charge is 2.34. The van der Waals surface area contributed by atoms with Crippen molar-refractivity contribution in [2.75, 3.05) is 13.0 Å². The van der Waals surface area contributed by atoms with Crippen molar-refractivity contribution in [1.82, 2.24) is 0 Å². The van der Waals surface area contributed by atoms with Crippen molar-refractivity contribution in [3.8, 4) is 5.75 Å². The average Bonchev–Trinajstić information content (AvgIpc) is 2.24. The van der Waals surface area contributed by atoms with Crippen LogP contribution in [0.15, 0.2) is 24.3 Å². The van der Waals surface area contributed by atoms with Gasteiger partial charge in [0.05, 0.1) is 12.7 Å². The fourth-order valence-electron chi connectivity index (χ4n) is 1.23. The topological polar surface area (TPSA) is 9.23 Å². The third kappa shape index (κ3) is 3.17. The van der Waals surface area contributed by atoms with Gasteiger partial charge in [-0.15, -0.1) is 11.6 Å². The van der Waals surface area contributed by atoms with Crippen molar-refractivity contribution in [2.24, 2.45) is 0 Å². The van der Waals surface area contributed by atoms with Gasteiger partial charge in [-0.25, -0.2) is 0 Å². The van der Waals surface area contributed by atoms with E-state index in [1.807, 2.05) is 0 Å². The third-order valence-corrected chi connectivity index (χ3v) is 2.11. The Balaban J connectivity index is 3.12. The predicted octanol–water partition coefficient (Wildman–Crippen LogP) is 3.97. The van der Waals surface area contributed by atoms with E-state index in [4.69, 9.17) is 16.3 Å². The second-order valence-corrected chi connectivity index (χ2v) is 3.32. The highest BCUT2D eigenvalue weighted by molar-refractivity contribution is 6.19. The van der Waals surface area contributed by atoms with Gasteiger partial charge in [-0.1, -0.05) is 18.2 Å². The summed E-state index contributed by atoms with van der Waals surface area (Å²) in [6, 6.07) is 3.69. The van der Waals surface area contributed by atoms with Crippen molar-refractivity contribution in [1.29, 1.82) is 0 Å². The largest absolute Gasteiger partial charge is 0.496 e. The lowest BCUT2D eigenvalue weighted by Crippen LogP contribution is -2.07. The fraction of sp³-hybridized carbons (Fsp3) is 0.273. The molecule has 1 aromatic rings. The van der Waals surface area contributed by atoms with Crippen LogP contribution in [0.2, 0.25) is 0 Å². The highest BCUT2D eigenvalue weighted by atomic mass is 35.5. The molecule has 1 aromatic carbocycles. The van der Waals surface area contributed by atoms with Gasteiger partial charge in [0.25, 0.3) is 0 Å². The summed E-state index contributed by atoms with van der Waals surface area (Å²) < 4.78 is 42.2. The molecule has 0 aliphatic carbocycles. The number of alkyl halides is 4. The number of ether oxygens (including phenoxy) is 1. The predicted molar refractivity (Wildman–Crippen MR) is 57.8 cm³/mol. The lowest BCUT2D eigenvalue weighted by molar-refractivity contribution is -0.138. The van der Waals surface area contributed by atoms with Gasteiger partial charge in [0.2, 0.25) is 0 Å². The second-order valence-electron chi connectivity index (χ2n) is 3.01. The molecule has 0 saturated heterocycles. The van der Waals surface area contributed by atoms with Gasteiger partial charge in [-0.05, 0) is 17.7 Å². The van der Waals surface area contributed by atoms with Crippen LogP contribution >= 0.6 is 11.6 Å². The quantitative estimate of drug-likeness (QED) is 0.738. The van der Waals surface area contributed by atoms with Crippen LogP contribution < -0.4 is 4.74 Å². The van der Waals surface area contributed by atoms with E-state index < -0.39 is 11.7 Å².